The van der Waals surface area contributed by atoms with Crippen LogP contribution in [0, 0.1) is 0 Å². The maximum atomic E-state index is 12.2. The van der Waals surface area contributed by atoms with E-state index in [1.807, 2.05) is 0 Å². The zero-order valence-corrected chi connectivity index (χ0v) is 14.2. The first-order valence-electron chi connectivity index (χ1n) is 8.17. The number of aliphatic hydroxyl groups is 1. The second-order valence-corrected chi connectivity index (χ2v) is 5.70. The summed E-state index contributed by atoms with van der Waals surface area (Å²) in [7, 11) is 0. The Balaban J connectivity index is 1.66. The monoisotopic (exact) mass is 367 g/mol. The van der Waals surface area contributed by atoms with E-state index in [1.54, 1.807) is 42.5 Å². The summed E-state index contributed by atoms with van der Waals surface area (Å²) in [5.74, 6) is -0.968. The fourth-order valence-corrected chi connectivity index (χ4v) is 2.51. The number of rotatable bonds is 7. The van der Waals surface area contributed by atoms with Crippen LogP contribution in [-0.4, -0.2) is 48.9 Å². The molecule has 0 spiro atoms. The Morgan fingerprint density at radius 2 is 1.81 bits per heavy atom. The first kappa shape index (κ1) is 18.2. The number of carboxylic acid groups (broad SMARTS) is 1. The van der Waals surface area contributed by atoms with Crippen molar-refractivity contribution >= 4 is 17.6 Å². The van der Waals surface area contributed by atoms with Crippen molar-refractivity contribution < 1.29 is 19.8 Å². The zero-order valence-electron chi connectivity index (χ0n) is 14.2. The number of benzene rings is 2. The molecule has 9 heteroatoms. The number of nitrogens with one attached hydrogen (secondary N) is 1. The Morgan fingerprint density at radius 1 is 1.07 bits per heavy atom. The highest BCUT2D eigenvalue weighted by Crippen LogP contribution is 2.18. The van der Waals surface area contributed by atoms with Crippen LogP contribution in [0.2, 0.25) is 0 Å². The third kappa shape index (κ3) is 4.53. The maximum Gasteiger partial charge on any atom is 0.335 e. The van der Waals surface area contributed by atoms with Crippen molar-refractivity contribution in [3.8, 4) is 11.4 Å². The minimum atomic E-state index is -1.07. The van der Waals surface area contributed by atoms with E-state index in [9.17, 15) is 14.7 Å². The number of hydrogen-bond acceptors (Lipinski definition) is 6. The lowest BCUT2D eigenvalue weighted by Crippen LogP contribution is -2.16. The van der Waals surface area contributed by atoms with Gasteiger partial charge < -0.3 is 15.5 Å². The van der Waals surface area contributed by atoms with Gasteiger partial charge >= 0.3 is 5.97 Å². The Kier molecular flexibility index (Phi) is 5.53. The number of amides is 1. The highest BCUT2D eigenvalue weighted by Gasteiger charge is 2.13. The van der Waals surface area contributed by atoms with Crippen molar-refractivity contribution in [2.24, 2.45) is 0 Å². The number of tetrazole rings is 1. The summed E-state index contributed by atoms with van der Waals surface area (Å²) in [4.78, 5) is 24.7. The average Bonchev–Trinajstić information content (AvgIpc) is 3.11. The second kappa shape index (κ2) is 8.19. The lowest BCUT2D eigenvalue weighted by Gasteiger charge is -2.08. The number of aliphatic hydroxyl groups excluding tert-OH is 1. The number of nitrogens with zero attached hydrogens (tertiary/aromatic N) is 4. The lowest BCUT2D eigenvalue weighted by atomic mass is 10.0. The molecule has 3 rings (SSSR count). The van der Waals surface area contributed by atoms with Crippen LogP contribution in [0.3, 0.4) is 0 Å². The molecule has 3 N–H and O–H groups in total. The van der Waals surface area contributed by atoms with Gasteiger partial charge in [0.05, 0.1) is 25.1 Å². The molecule has 1 amide bonds. The normalized spacial score (nSPS) is 10.6. The third-order valence-corrected chi connectivity index (χ3v) is 3.78. The quantitative estimate of drug-likeness (QED) is 0.572. The van der Waals surface area contributed by atoms with E-state index in [0.29, 0.717) is 22.6 Å². The first-order chi connectivity index (χ1) is 13.1. The molecule has 0 fully saturated rings. The van der Waals surface area contributed by atoms with E-state index in [0.717, 1.165) is 0 Å². The van der Waals surface area contributed by atoms with Crippen molar-refractivity contribution in [3.63, 3.8) is 0 Å². The Labute approximate surface area is 154 Å². The standard InChI is InChI=1S/C18H17N5O4/c24-10-9-23-21-17(20-22-23)12-5-7-14(8-6-12)19-16(25)11-13-3-1-2-4-15(13)18(26)27/h1-8,24H,9-11H2,(H,19,25)(H,26,27). The summed E-state index contributed by atoms with van der Waals surface area (Å²) < 4.78 is 0. The van der Waals surface area contributed by atoms with Crippen molar-refractivity contribution in [1.82, 2.24) is 20.2 Å². The highest BCUT2D eigenvalue weighted by molar-refractivity contribution is 5.96. The molecule has 0 bridgehead atoms. The maximum absolute atomic E-state index is 12.2. The number of carbonyl (C=O) groups is 2. The van der Waals surface area contributed by atoms with Crippen LogP contribution in [0.4, 0.5) is 5.69 Å². The van der Waals surface area contributed by atoms with Gasteiger partial charge in [-0.1, -0.05) is 18.2 Å². The smallest absolute Gasteiger partial charge is 0.335 e. The molecule has 0 saturated heterocycles. The van der Waals surface area contributed by atoms with E-state index < -0.39 is 5.97 Å². The van der Waals surface area contributed by atoms with Crippen LogP contribution in [0.5, 0.6) is 0 Å². The minimum Gasteiger partial charge on any atom is -0.478 e. The summed E-state index contributed by atoms with van der Waals surface area (Å²) in [6, 6.07) is 13.3. The summed E-state index contributed by atoms with van der Waals surface area (Å²) in [5.41, 5.74) is 1.84. The number of carbonyl (C=O) groups excluding carboxylic acids is 1. The van der Waals surface area contributed by atoms with Crippen molar-refractivity contribution in [2.75, 3.05) is 11.9 Å². The zero-order chi connectivity index (χ0) is 19.2. The number of carboxylic acids is 1. The highest BCUT2D eigenvalue weighted by atomic mass is 16.4. The number of hydrogen-bond donors (Lipinski definition) is 3. The summed E-state index contributed by atoms with van der Waals surface area (Å²) in [6.45, 7) is 0.185. The van der Waals surface area contributed by atoms with Gasteiger partial charge in [0.25, 0.3) is 0 Å². The molecule has 0 unspecified atom stereocenters. The number of anilines is 1. The summed E-state index contributed by atoms with van der Waals surface area (Å²) >= 11 is 0. The Morgan fingerprint density at radius 3 is 2.52 bits per heavy atom. The molecule has 0 atom stereocenters. The largest absolute Gasteiger partial charge is 0.478 e. The van der Waals surface area contributed by atoms with Crippen LogP contribution < -0.4 is 5.32 Å². The van der Waals surface area contributed by atoms with Crippen molar-refractivity contribution in [2.45, 2.75) is 13.0 Å². The van der Waals surface area contributed by atoms with Gasteiger partial charge in [-0.05, 0) is 41.1 Å². The third-order valence-electron chi connectivity index (χ3n) is 3.78. The van der Waals surface area contributed by atoms with Crippen LogP contribution in [0.15, 0.2) is 48.5 Å². The van der Waals surface area contributed by atoms with E-state index >= 15 is 0 Å². The topological polar surface area (TPSA) is 130 Å². The lowest BCUT2D eigenvalue weighted by molar-refractivity contribution is -0.115. The molecular formula is C18H17N5O4. The fourth-order valence-electron chi connectivity index (χ4n) is 2.51. The van der Waals surface area contributed by atoms with Crippen molar-refractivity contribution in [3.05, 3.63) is 59.7 Å². The van der Waals surface area contributed by atoms with Gasteiger partial charge in [0.2, 0.25) is 11.7 Å². The average molecular weight is 367 g/mol. The predicted octanol–water partition coefficient (Wildman–Crippen LogP) is 1.21. The van der Waals surface area contributed by atoms with Gasteiger partial charge in [-0.15, -0.1) is 10.2 Å². The Hall–Kier alpha value is -3.59. The van der Waals surface area contributed by atoms with Gasteiger partial charge in [-0.25, -0.2) is 4.79 Å². The fraction of sp³-hybridized carbons (Fsp3) is 0.167. The van der Waals surface area contributed by atoms with Crippen LogP contribution in [0.1, 0.15) is 15.9 Å². The molecule has 0 aliphatic carbocycles. The van der Waals surface area contributed by atoms with Gasteiger partial charge in [0.1, 0.15) is 0 Å². The van der Waals surface area contributed by atoms with E-state index in [2.05, 4.69) is 20.7 Å². The first-order valence-corrected chi connectivity index (χ1v) is 8.17. The second-order valence-electron chi connectivity index (χ2n) is 5.70. The molecule has 0 aliphatic heterocycles. The SMILES string of the molecule is O=C(Cc1ccccc1C(=O)O)Nc1ccc(-c2nnn(CCO)n2)cc1. The molecular weight excluding hydrogens is 350 g/mol. The molecule has 0 radical (unpaired) electrons. The molecule has 0 aliphatic rings. The molecule has 1 aromatic heterocycles. The van der Waals surface area contributed by atoms with Gasteiger partial charge in [-0.3, -0.25) is 4.79 Å². The molecule has 1 heterocycles. The van der Waals surface area contributed by atoms with E-state index in [4.69, 9.17) is 5.11 Å². The van der Waals surface area contributed by atoms with E-state index in [-0.39, 0.29) is 31.0 Å². The molecule has 9 nitrogen and oxygen atoms in total. The molecule has 138 valence electrons. The van der Waals surface area contributed by atoms with Gasteiger partial charge in [-0.2, -0.15) is 4.80 Å². The molecule has 0 saturated carbocycles. The van der Waals surface area contributed by atoms with Crippen LogP contribution >= 0.6 is 0 Å². The summed E-state index contributed by atoms with van der Waals surface area (Å²) in [6.07, 6.45) is -0.0404. The predicted molar refractivity (Wildman–Crippen MR) is 96.1 cm³/mol. The van der Waals surface area contributed by atoms with Crippen LogP contribution in [-0.2, 0) is 17.8 Å². The number of aromatic nitrogens is 4. The van der Waals surface area contributed by atoms with Crippen LogP contribution in [0.25, 0.3) is 11.4 Å². The number of aromatic carboxylic acids is 1. The molecule has 27 heavy (non-hydrogen) atoms. The summed E-state index contributed by atoms with van der Waals surface area (Å²) in [5, 5.41) is 32.6. The minimum absolute atomic E-state index is 0.0404. The molecule has 2 aromatic carbocycles. The molecule has 3 aromatic rings. The van der Waals surface area contributed by atoms with Gasteiger partial charge in [0.15, 0.2) is 0 Å². The van der Waals surface area contributed by atoms with E-state index in [1.165, 1.54) is 10.9 Å². The van der Waals surface area contributed by atoms with Crippen molar-refractivity contribution in [1.29, 1.82) is 0 Å². The van der Waals surface area contributed by atoms with Gasteiger partial charge in [0, 0.05) is 11.3 Å². The Bertz CT molecular complexity index is 952.